The zero-order valence-corrected chi connectivity index (χ0v) is 25.1. The molecule has 212 valence electrons. The molecule has 0 saturated heterocycles. The summed E-state index contributed by atoms with van der Waals surface area (Å²) < 4.78 is 6.02. The number of ether oxygens (including phenoxy) is 1. The molecule has 0 heterocycles. The van der Waals surface area contributed by atoms with Crippen LogP contribution in [0.15, 0.2) is 11.6 Å². The second kappa shape index (κ2) is 13.5. The lowest BCUT2D eigenvalue weighted by Crippen LogP contribution is -2.50. The first-order valence-electron chi connectivity index (χ1n) is 16.8. The number of hydrogen-bond donors (Lipinski definition) is 0. The normalized spacial score (nSPS) is 36.9. The Morgan fingerprint density at radius 3 is 2.30 bits per heavy atom. The molecule has 0 spiro atoms. The van der Waals surface area contributed by atoms with E-state index in [4.69, 9.17) is 4.74 Å². The summed E-state index contributed by atoms with van der Waals surface area (Å²) >= 11 is 0. The van der Waals surface area contributed by atoms with Gasteiger partial charge in [-0.25, -0.2) is 0 Å². The van der Waals surface area contributed by atoms with Crippen LogP contribution in [0.4, 0.5) is 0 Å². The molecule has 3 fully saturated rings. The van der Waals surface area contributed by atoms with Gasteiger partial charge in [0.15, 0.2) is 0 Å². The van der Waals surface area contributed by atoms with Gasteiger partial charge >= 0.3 is 5.97 Å². The quantitative estimate of drug-likeness (QED) is 0.131. The van der Waals surface area contributed by atoms with E-state index in [2.05, 4.69) is 33.8 Å². The zero-order chi connectivity index (χ0) is 26.3. The number of carbonyl (C=O) groups excluding carboxylic acids is 1. The van der Waals surface area contributed by atoms with Gasteiger partial charge in [-0.05, 0) is 92.3 Å². The van der Waals surface area contributed by atoms with Crippen molar-refractivity contribution in [3.8, 4) is 0 Å². The zero-order valence-electron chi connectivity index (χ0n) is 25.1. The average molecular weight is 513 g/mol. The summed E-state index contributed by atoms with van der Waals surface area (Å²) in [6.45, 7) is 9.84. The highest BCUT2D eigenvalue weighted by Gasteiger charge is 2.58. The topological polar surface area (TPSA) is 26.3 Å². The summed E-state index contributed by atoms with van der Waals surface area (Å²) in [6, 6.07) is 0. The fourth-order valence-electron chi connectivity index (χ4n) is 9.60. The molecule has 0 unspecified atom stereocenters. The molecule has 0 bridgehead atoms. The Morgan fingerprint density at radius 1 is 0.838 bits per heavy atom. The maximum atomic E-state index is 12.5. The van der Waals surface area contributed by atoms with E-state index in [1.165, 1.54) is 109 Å². The van der Waals surface area contributed by atoms with Crippen molar-refractivity contribution in [3.05, 3.63) is 11.6 Å². The first-order valence-corrected chi connectivity index (χ1v) is 16.8. The molecule has 3 saturated carbocycles. The van der Waals surface area contributed by atoms with E-state index >= 15 is 0 Å². The van der Waals surface area contributed by atoms with Gasteiger partial charge in [0, 0.05) is 12.8 Å². The standard InChI is InChI=1S/C35H60O2/c1-5-7-9-11-13-14-16-27-19-21-31-30-20-18-28-26-29(37-33(36)17-15-12-10-8-6-2)22-24-35(28,4)32(30)23-25-34(27,31)3/h18,27,29-32H,5-17,19-26H2,1-4H3/t27-,29+,30-,31+,32-,34-,35+/m1/s1. The van der Waals surface area contributed by atoms with Crippen molar-refractivity contribution in [3.63, 3.8) is 0 Å². The molecule has 0 aliphatic heterocycles. The van der Waals surface area contributed by atoms with Crippen molar-refractivity contribution in [2.45, 2.75) is 169 Å². The van der Waals surface area contributed by atoms with Crippen molar-refractivity contribution >= 4 is 5.97 Å². The van der Waals surface area contributed by atoms with E-state index < -0.39 is 0 Å². The first kappa shape index (κ1) is 29.2. The summed E-state index contributed by atoms with van der Waals surface area (Å²) in [7, 11) is 0. The van der Waals surface area contributed by atoms with Gasteiger partial charge in [-0.15, -0.1) is 0 Å². The smallest absolute Gasteiger partial charge is 0.306 e. The lowest BCUT2D eigenvalue weighted by Gasteiger charge is -2.58. The van der Waals surface area contributed by atoms with Gasteiger partial charge in [-0.1, -0.05) is 104 Å². The molecule has 2 heteroatoms. The Hall–Kier alpha value is -0.790. The Kier molecular flexibility index (Phi) is 10.7. The van der Waals surface area contributed by atoms with Crippen LogP contribution in [0.1, 0.15) is 163 Å². The molecule has 0 amide bonds. The molecule has 0 aromatic heterocycles. The predicted molar refractivity (Wildman–Crippen MR) is 156 cm³/mol. The van der Waals surface area contributed by atoms with Gasteiger partial charge in [0.2, 0.25) is 0 Å². The van der Waals surface area contributed by atoms with Crippen LogP contribution in [0.2, 0.25) is 0 Å². The lowest BCUT2D eigenvalue weighted by molar-refractivity contribution is -0.151. The summed E-state index contributed by atoms with van der Waals surface area (Å²) in [5.74, 6) is 3.71. The van der Waals surface area contributed by atoms with Gasteiger partial charge in [-0.2, -0.15) is 0 Å². The third kappa shape index (κ3) is 6.69. The van der Waals surface area contributed by atoms with Crippen molar-refractivity contribution < 1.29 is 9.53 Å². The van der Waals surface area contributed by atoms with E-state index in [1.807, 2.05) is 0 Å². The molecule has 0 N–H and O–H groups in total. The van der Waals surface area contributed by atoms with Gasteiger partial charge in [0.25, 0.3) is 0 Å². The monoisotopic (exact) mass is 512 g/mol. The number of rotatable bonds is 14. The summed E-state index contributed by atoms with van der Waals surface area (Å²) in [4.78, 5) is 12.5. The van der Waals surface area contributed by atoms with Gasteiger partial charge in [0.05, 0.1) is 0 Å². The molecule has 4 rings (SSSR count). The molecule has 2 nitrogen and oxygen atoms in total. The highest BCUT2D eigenvalue weighted by molar-refractivity contribution is 5.69. The molecular weight excluding hydrogens is 452 g/mol. The highest BCUT2D eigenvalue weighted by Crippen LogP contribution is 2.66. The second-order valence-electron chi connectivity index (χ2n) is 14.2. The SMILES string of the molecule is CCCCCCCC[C@@H]1CC[C@H]2[C@H]3CC=C4C[C@@H](OC(=O)CCCCCCC)CC[C@]4(C)[C@@H]3CC[C@]12C. The average Bonchev–Trinajstić information content (AvgIpc) is 3.22. The first-order chi connectivity index (χ1) is 17.9. The number of esters is 1. The minimum absolute atomic E-state index is 0.0511. The van der Waals surface area contributed by atoms with E-state index in [9.17, 15) is 4.79 Å². The van der Waals surface area contributed by atoms with Crippen molar-refractivity contribution in [2.75, 3.05) is 0 Å². The fourth-order valence-corrected chi connectivity index (χ4v) is 9.60. The molecule has 4 aliphatic carbocycles. The molecule has 4 aliphatic rings. The summed E-state index contributed by atoms with van der Waals surface area (Å²) in [5.41, 5.74) is 2.59. The maximum absolute atomic E-state index is 12.5. The van der Waals surface area contributed by atoms with Crippen molar-refractivity contribution in [1.82, 2.24) is 0 Å². The fraction of sp³-hybridized carbons (Fsp3) is 0.914. The Balaban J connectivity index is 1.29. The van der Waals surface area contributed by atoms with Crippen LogP contribution in [-0.4, -0.2) is 12.1 Å². The maximum Gasteiger partial charge on any atom is 0.306 e. The number of carbonyl (C=O) groups is 1. The number of hydrogen-bond acceptors (Lipinski definition) is 2. The Morgan fingerprint density at radius 2 is 1.54 bits per heavy atom. The van der Waals surface area contributed by atoms with Crippen LogP contribution in [0.5, 0.6) is 0 Å². The molecular formula is C35H60O2. The van der Waals surface area contributed by atoms with Gasteiger partial charge in [0.1, 0.15) is 6.10 Å². The Labute approximate surface area is 230 Å². The van der Waals surface area contributed by atoms with E-state index in [0.29, 0.717) is 17.3 Å². The Bertz CT molecular complexity index is 754. The van der Waals surface area contributed by atoms with Crippen LogP contribution in [-0.2, 0) is 9.53 Å². The van der Waals surface area contributed by atoms with E-state index in [1.54, 1.807) is 5.57 Å². The van der Waals surface area contributed by atoms with E-state index in [0.717, 1.165) is 42.9 Å². The minimum atomic E-state index is 0.0511. The van der Waals surface area contributed by atoms with Crippen LogP contribution < -0.4 is 0 Å². The van der Waals surface area contributed by atoms with Gasteiger partial charge in [-0.3, -0.25) is 4.79 Å². The molecule has 0 radical (unpaired) electrons. The van der Waals surface area contributed by atoms with Crippen molar-refractivity contribution in [1.29, 1.82) is 0 Å². The summed E-state index contributed by atoms with van der Waals surface area (Å²) in [6.07, 6.45) is 29.8. The van der Waals surface area contributed by atoms with Crippen LogP contribution in [0, 0.1) is 34.5 Å². The number of unbranched alkanes of at least 4 members (excludes halogenated alkanes) is 9. The van der Waals surface area contributed by atoms with Crippen LogP contribution >= 0.6 is 0 Å². The van der Waals surface area contributed by atoms with Gasteiger partial charge < -0.3 is 4.74 Å². The third-order valence-corrected chi connectivity index (χ3v) is 11.9. The number of allylic oxidation sites excluding steroid dienone is 1. The molecule has 7 atom stereocenters. The summed E-state index contributed by atoms with van der Waals surface area (Å²) in [5, 5.41) is 0. The third-order valence-electron chi connectivity index (χ3n) is 11.9. The lowest BCUT2D eigenvalue weighted by atomic mass is 9.47. The van der Waals surface area contributed by atoms with Crippen molar-refractivity contribution in [2.24, 2.45) is 34.5 Å². The second-order valence-corrected chi connectivity index (χ2v) is 14.2. The predicted octanol–water partition coefficient (Wildman–Crippen LogP) is 10.6. The highest BCUT2D eigenvalue weighted by atomic mass is 16.5. The van der Waals surface area contributed by atoms with Crippen LogP contribution in [0.25, 0.3) is 0 Å². The number of fused-ring (bicyclic) bond motifs is 5. The molecule has 0 aromatic carbocycles. The minimum Gasteiger partial charge on any atom is -0.462 e. The molecule has 0 aromatic rings. The largest absolute Gasteiger partial charge is 0.462 e. The van der Waals surface area contributed by atoms with E-state index in [-0.39, 0.29) is 12.1 Å². The van der Waals surface area contributed by atoms with Crippen LogP contribution in [0.3, 0.4) is 0 Å². The molecule has 37 heavy (non-hydrogen) atoms.